The van der Waals surface area contributed by atoms with E-state index in [1.54, 1.807) is 44.6 Å². The molecule has 1 fully saturated rings. The summed E-state index contributed by atoms with van der Waals surface area (Å²) in [5, 5.41) is 5.48. The second-order valence-electron chi connectivity index (χ2n) is 10.3. The summed E-state index contributed by atoms with van der Waals surface area (Å²) in [7, 11) is 5.47. The molecule has 12 heteroatoms. The van der Waals surface area contributed by atoms with Gasteiger partial charge in [-0.15, -0.1) is 0 Å². The molecule has 4 aromatic rings. The van der Waals surface area contributed by atoms with E-state index in [0.29, 0.717) is 23.6 Å². The van der Waals surface area contributed by atoms with E-state index in [0.717, 1.165) is 36.7 Å². The Morgan fingerprint density at radius 2 is 1.88 bits per heavy atom. The highest BCUT2D eigenvalue weighted by Crippen LogP contribution is 2.37. The summed E-state index contributed by atoms with van der Waals surface area (Å²) < 4.78 is 61.8. The number of aromatic nitrogens is 2. The molecule has 2 aromatic carbocycles. The summed E-state index contributed by atoms with van der Waals surface area (Å²) in [6.07, 6.45) is -0.667. The van der Waals surface area contributed by atoms with Crippen molar-refractivity contribution in [2.45, 2.75) is 18.6 Å². The van der Waals surface area contributed by atoms with Gasteiger partial charge in [0.15, 0.2) is 0 Å². The van der Waals surface area contributed by atoms with Gasteiger partial charge in [0.1, 0.15) is 17.4 Å². The number of nitrogens with one attached hydrogen (secondary N) is 2. The fraction of sp³-hybridized carbons (Fsp3) is 0.258. The molecule has 0 radical (unpaired) electrons. The van der Waals surface area contributed by atoms with Crippen molar-refractivity contribution >= 4 is 23.1 Å². The first-order chi connectivity index (χ1) is 20.5. The van der Waals surface area contributed by atoms with Crippen molar-refractivity contribution in [2.75, 3.05) is 49.8 Å². The number of likely N-dealkylation sites (tertiary alicyclic amines) is 1. The lowest BCUT2D eigenvalue weighted by molar-refractivity contribution is -0.137. The minimum atomic E-state index is -4.63. The summed E-state index contributed by atoms with van der Waals surface area (Å²) in [5.41, 5.74) is 0.380. The van der Waals surface area contributed by atoms with Crippen molar-refractivity contribution < 1.29 is 27.1 Å². The van der Waals surface area contributed by atoms with Gasteiger partial charge in [0.25, 0.3) is 5.91 Å². The average molecular weight is 595 g/mol. The third-order valence-corrected chi connectivity index (χ3v) is 7.36. The fourth-order valence-corrected chi connectivity index (χ4v) is 5.01. The molecule has 1 saturated heterocycles. The number of carbonyl (C=O) groups excluding carboxylic acids is 1. The van der Waals surface area contributed by atoms with Crippen LogP contribution in [-0.2, 0) is 6.18 Å². The zero-order valence-corrected chi connectivity index (χ0v) is 23.7. The maximum absolute atomic E-state index is 15.0. The van der Waals surface area contributed by atoms with E-state index in [2.05, 4.69) is 25.5 Å². The van der Waals surface area contributed by atoms with E-state index in [1.807, 2.05) is 11.9 Å². The Bertz CT molecular complexity index is 1630. The van der Waals surface area contributed by atoms with Crippen molar-refractivity contribution in [1.29, 1.82) is 0 Å². The van der Waals surface area contributed by atoms with Gasteiger partial charge < -0.3 is 25.2 Å². The van der Waals surface area contributed by atoms with Crippen LogP contribution < -0.4 is 20.3 Å². The third kappa shape index (κ3) is 6.69. The number of benzene rings is 2. The average Bonchev–Trinajstić information content (AvgIpc) is 3.43. The lowest BCUT2D eigenvalue weighted by atomic mass is 10.1. The van der Waals surface area contributed by atoms with Gasteiger partial charge in [0.2, 0.25) is 5.88 Å². The van der Waals surface area contributed by atoms with Gasteiger partial charge >= 0.3 is 6.18 Å². The Kier molecular flexibility index (Phi) is 8.49. The molecule has 1 aliphatic heterocycles. The van der Waals surface area contributed by atoms with Crippen LogP contribution in [-0.4, -0.2) is 61.0 Å². The molecule has 0 spiro atoms. The Hall–Kier alpha value is -4.71. The lowest BCUT2D eigenvalue weighted by Gasteiger charge is -2.29. The van der Waals surface area contributed by atoms with Crippen LogP contribution in [0.5, 0.6) is 11.6 Å². The number of alkyl halides is 3. The van der Waals surface area contributed by atoms with Crippen molar-refractivity contribution in [2.24, 2.45) is 0 Å². The first-order valence-electron chi connectivity index (χ1n) is 13.5. The second kappa shape index (κ2) is 12.3. The standard InChI is InChI=1S/C31H30F4N6O2/c1-36-28-15-19(10-13-37-28)23-5-4-12-38-30(23)43-22-7-8-25(32)24(17-22)29(42)39-26-16-20(31(33,34)35)6-9-27(26)41(3)21-11-14-40(2)18-21/h4-10,12-13,15-17,21H,11,14,18H2,1-3H3,(H,36,37)(H,39,42)/t21-/m1/s1. The maximum atomic E-state index is 15.0. The predicted molar refractivity (Wildman–Crippen MR) is 157 cm³/mol. The van der Waals surface area contributed by atoms with Gasteiger partial charge in [-0.3, -0.25) is 4.79 Å². The Morgan fingerprint density at radius 1 is 1.07 bits per heavy atom. The molecule has 224 valence electrons. The van der Waals surface area contributed by atoms with Crippen LogP contribution >= 0.6 is 0 Å². The Labute approximate surface area is 246 Å². The van der Waals surface area contributed by atoms with E-state index in [-0.39, 0.29) is 23.4 Å². The molecule has 0 unspecified atom stereocenters. The molecule has 1 atom stereocenters. The van der Waals surface area contributed by atoms with Gasteiger partial charge in [-0.1, -0.05) is 0 Å². The van der Waals surface area contributed by atoms with Crippen LogP contribution in [0.15, 0.2) is 73.1 Å². The smallest absolute Gasteiger partial charge is 0.416 e. The van der Waals surface area contributed by atoms with Crippen LogP contribution in [0, 0.1) is 5.82 Å². The number of pyridine rings is 2. The molecule has 3 heterocycles. The van der Waals surface area contributed by atoms with E-state index in [1.165, 1.54) is 24.4 Å². The number of halogens is 4. The van der Waals surface area contributed by atoms with Crippen molar-refractivity contribution in [3.63, 3.8) is 0 Å². The molecule has 2 aromatic heterocycles. The minimum Gasteiger partial charge on any atom is -0.438 e. The lowest BCUT2D eigenvalue weighted by Crippen LogP contribution is -2.34. The minimum absolute atomic E-state index is 0.0306. The van der Waals surface area contributed by atoms with Crippen LogP contribution in [0.2, 0.25) is 0 Å². The topological polar surface area (TPSA) is 82.6 Å². The number of carbonyl (C=O) groups is 1. The van der Waals surface area contributed by atoms with Crippen LogP contribution in [0.25, 0.3) is 11.1 Å². The van der Waals surface area contributed by atoms with Crippen LogP contribution in [0.3, 0.4) is 0 Å². The molecule has 2 N–H and O–H groups in total. The van der Waals surface area contributed by atoms with Crippen molar-refractivity contribution in [3.8, 4) is 22.8 Å². The van der Waals surface area contributed by atoms with E-state index >= 15 is 0 Å². The fourth-order valence-electron chi connectivity index (χ4n) is 5.01. The van der Waals surface area contributed by atoms with Gasteiger partial charge in [0.05, 0.1) is 22.5 Å². The molecule has 8 nitrogen and oxygen atoms in total. The predicted octanol–water partition coefficient (Wildman–Crippen LogP) is 6.53. The Balaban J connectivity index is 1.44. The van der Waals surface area contributed by atoms with E-state index in [4.69, 9.17) is 4.74 Å². The highest BCUT2D eigenvalue weighted by molar-refractivity contribution is 6.06. The number of ether oxygens (including phenoxy) is 1. The van der Waals surface area contributed by atoms with E-state index in [9.17, 15) is 22.4 Å². The Morgan fingerprint density at radius 3 is 2.60 bits per heavy atom. The number of likely N-dealkylation sites (N-methyl/N-ethyl adjacent to an activating group) is 2. The zero-order valence-electron chi connectivity index (χ0n) is 23.7. The molecule has 43 heavy (non-hydrogen) atoms. The summed E-state index contributed by atoms with van der Waals surface area (Å²) in [4.78, 5) is 25.8. The summed E-state index contributed by atoms with van der Waals surface area (Å²) in [6.45, 7) is 1.55. The SMILES string of the molecule is CNc1cc(-c2cccnc2Oc2ccc(F)c(C(=O)Nc3cc(C(F)(F)F)ccc3N(C)[C@@H]3CCN(C)C3)c2)ccn1. The second-order valence-corrected chi connectivity index (χ2v) is 10.3. The highest BCUT2D eigenvalue weighted by Gasteiger charge is 2.33. The maximum Gasteiger partial charge on any atom is 0.416 e. The number of rotatable bonds is 8. The van der Waals surface area contributed by atoms with Gasteiger partial charge in [-0.2, -0.15) is 13.2 Å². The summed E-state index contributed by atoms with van der Waals surface area (Å²) >= 11 is 0. The number of anilines is 3. The van der Waals surface area contributed by atoms with Gasteiger partial charge in [-0.25, -0.2) is 14.4 Å². The van der Waals surface area contributed by atoms with Crippen molar-refractivity contribution in [1.82, 2.24) is 14.9 Å². The molecule has 1 aliphatic rings. The summed E-state index contributed by atoms with van der Waals surface area (Å²) in [5.74, 6) is -0.831. The number of nitrogens with zero attached hydrogens (tertiary/aromatic N) is 4. The quantitative estimate of drug-likeness (QED) is 0.225. The molecule has 0 bridgehead atoms. The van der Waals surface area contributed by atoms with Gasteiger partial charge in [-0.05, 0) is 86.2 Å². The van der Waals surface area contributed by atoms with Crippen LogP contribution in [0.1, 0.15) is 22.3 Å². The number of amides is 1. The molecular weight excluding hydrogens is 564 g/mol. The number of hydrogen-bond donors (Lipinski definition) is 2. The number of hydrogen-bond acceptors (Lipinski definition) is 7. The molecule has 5 rings (SSSR count). The van der Waals surface area contributed by atoms with Gasteiger partial charge in [0, 0.05) is 44.6 Å². The normalized spacial score (nSPS) is 15.3. The first kappa shape index (κ1) is 29.8. The molecule has 0 saturated carbocycles. The largest absolute Gasteiger partial charge is 0.438 e. The zero-order chi connectivity index (χ0) is 30.7. The first-order valence-corrected chi connectivity index (χ1v) is 13.5. The molecule has 0 aliphatic carbocycles. The van der Waals surface area contributed by atoms with E-state index < -0.39 is 29.0 Å². The molecular formula is C31H30F4N6O2. The van der Waals surface area contributed by atoms with Crippen molar-refractivity contribution in [3.05, 3.63) is 90.0 Å². The summed E-state index contributed by atoms with van der Waals surface area (Å²) in [6, 6.07) is 13.9. The van der Waals surface area contributed by atoms with Crippen LogP contribution in [0.4, 0.5) is 34.8 Å². The third-order valence-electron chi connectivity index (χ3n) is 7.36. The monoisotopic (exact) mass is 594 g/mol. The highest BCUT2D eigenvalue weighted by atomic mass is 19.4. The molecule has 1 amide bonds.